The van der Waals surface area contributed by atoms with E-state index >= 15 is 0 Å². The Morgan fingerprint density at radius 1 is 1.50 bits per heavy atom. The van der Waals surface area contributed by atoms with Crippen LogP contribution in [0.4, 0.5) is 0 Å². The van der Waals surface area contributed by atoms with Crippen LogP contribution in [0.1, 0.15) is 13.3 Å². The smallest absolute Gasteiger partial charge is 0.311 e. The van der Waals surface area contributed by atoms with Crippen LogP contribution >= 0.6 is 0 Å². The van der Waals surface area contributed by atoms with Crippen molar-refractivity contribution in [1.29, 1.82) is 0 Å². The number of nitrogens with two attached hydrogens (primary N) is 1. The molecule has 0 aromatic rings. The zero-order valence-corrected chi connectivity index (χ0v) is 9.39. The molecule has 6 nitrogen and oxygen atoms in total. The Morgan fingerprint density at radius 2 is 2.19 bits per heavy atom. The summed E-state index contributed by atoms with van der Waals surface area (Å²) in [6.45, 7) is 3.05. The third-order valence-electron chi connectivity index (χ3n) is 2.79. The molecule has 3 N–H and O–H groups in total. The van der Waals surface area contributed by atoms with E-state index in [1.165, 1.54) is 0 Å². The second kappa shape index (κ2) is 5.81. The van der Waals surface area contributed by atoms with Crippen LogP contribution < -0.4 is 5.73 Å². The minimum atomic E-state index is -0.915. The van der Waals surface area contributed by atoms with E-state index in [1.54, 1.807) is 4.90 Å². The van der Waals surface area contributed by atoms with Gasteiger partial charge in [0.2, 0.25) is 5.91 Å². The Kier molecular flexibility index (Phi) is 4.70. The lowest BCUT2D eigenvalue weighted by Gasteiger charge is -2.29. The predicted octanol–water partition coefficient (Wildman–Crippen LogP) is -0.717. The fourth-order valence-electron chi connectivity index (χ4n) is 1.95. The minimum Gasteiger partial charge on any atom is -0.481 e. The molecule has 1 aliphatic rings. The van der Waals surface area contributed by atoms with Gasteiger partial charge in [-0.05, 0) is 6.92 Å². The zero-order chi connectivity index (χ0) is 12.1. The Hall–Kier alpha value is -1.14. The topological polar surface area (TPSA) is 92.9 Å². The van der Waals surface area contributed by atoms with Crippen molar-refractivity contribution in [3.8, 4) is 0 Å². The van der Waals surface area contributed by atoms with E-state index in [0.717, 1.165) is 0 Å². The van der Waals surface area contributed by atoms with Crippen LogP contribution in [-0.2, 0) is 14.3 Å². The van der Waals surface area contributed by atoms with Gasteiger partial charge < -0.3 is 20.5 Å². The molecule has 0 saturated carbocycles. The number of likely N-dealkylation sites (N-methyl/N-ethyl adjacent to an activating group) is 1. The molecular weight excluding hydrogens is 212 g/mol. The average molecular weight is 230 g/mol. The summed E-state index contributed by atoms with van der Waals surface area (Å²) in [6.07, 6.45) is 0.247. The van der Waals surface area contributed by atoms with Crippen LogP contribution in [0.3, 0.4) is 0 Å². The number of carbonyl (C=O) groups excluding carboxylic acids is 1. The van der Waals surface area contributed by atoms with E-state index in [0.29, 0.717) is 13.2 Å². The van der Waals surface area contributed by atoms with E-state index in [2.05, 4.69) is 0 Å². The quantitative estimate of drug-likeness (QED) is 0.650. The van der Waals surface area contributed by atoms with Crippen molar-refractivity contribution < 1.29 is 19.4 Å². The summed E-state index contributed by atoms with van der Waals surface area (Å²) in [6, 6.07) is -0.360. The third-order valence-corrected chi connectivity index (χ3v) is 2.79. The Balaban J connectivity index is 2.71. The SMILES string of the molecule is CCN(C(=O)CCN)C1COCC1C(=O)O. The van der Waals surface area contributed by atoms with Gasteiger partial charge in [0.15, 0.2) is 0 Å². The van der Waals surface area contributed by atoms with Crippen molar-refractivity contribution >= 4 is 11.9 Å². The first-order chi connectivity index (χ1) is 7.61. The van der Waals surface area contributed by atoms with E-state index < -0.39 is 11.9 Å². The molecule has 1 rings (SSSR count). The van der Waals surface area contributed by atoms with Gasteiger partial charge in [0.05, 0.1) is 19.3 Å². The third kappa shape index (κ3) is 2.70. The van der Waals surface area contributed by atoms with Gasteiger partial charge >= 0.3 is 5.97 Å². The summed E-state index contributed by atoms with van der Waals surface area (Å²) in [4.78, 5) is 24.3. The maximum atomic E-state index is 11.7. The van der Waals surface area contributed by atoms with Gasteiger partial charge in [-0.25, -0.2) is 0 Å². The highest BCUT2D eigenvalue weighted by molar-refractivity contribution is 5.78. The van der Waals surface area contributed by atoms with Crippen molar-refractivity contribution in [3.63, 3.8) is 0 Å². The molecule has 0 spiro atoms. The van der Waals surface area contributed by atoms with Gasteiger partial charge in [-0.15, -0.1) is 0 Å². The van der Waals surface area contributed by atoms with Crippen LogP contribution in [0.2, 0.25) is 0 Å². The molecule has 2 atom stereocenters. The molecule has 2 unspecified atom stereocenters. The first-order valence-electron chi connectivity index (χ1n) is 5.41. The first-order valence-corrected chi connectivity index (χ1v) is 5.41. The normalized spacial score (nSPS) is 24.4. The maximum Gasteiger partial charge on any atom is 0.311 e. The second-order valence-corrected chi connectivity index (χ2v) is 3.77. The van der Waals surface area contributed by atoms with Crippen LogP contribution in [0.15, 0.2) is 0 Å². The number of nitrogens with zero attached hydrogens (tertiary/aromatic N) is 1. The lowest BCUT2D eigenvalue weighted by atomic mass is 10.0. The minimum absolute atomic E-state index is 0.105. The van der Waals surface area contributed by atoms with Crippen molar-refractivity contribution in [1.82, 2.24) is 4.90 Å². The first kappa shape index (κ1) is 12.9. The number of aliphatic carboxylic acids is 1. The molecule has 1 heterocycles. The predicted molar refractivity (Wildman–Crippen MR) is 56.8 cm³/mol. The molecule has 0 radical (unpaired) electrons. The van der Waals surface area contributed by atoms with Gasteiger partial charge in [-0.3, -0.25) is 9.59 Å². The lowest BCUT2D eigenvalue weighted by Crippen LogP contribution is -2.46. The molecule has 0 aliphatic carbocycles. The summed E-state index contributed by atoms with van der Waals surface area (Å²) in [5.41, 5.74) is 5.32. The highest BCUT2D eigenvalue weighted by Gasteiger charge is 2.39. The molecule has 1 saturated heterocycles. The van der Waals surface area contributed by atoms with E-state index in [9.17, 15) is 9.59 Å². The monoisotopic (exact) mass is 230 g/mol. The molecule has 0 aromatic carbocycles. The molecular formula is C10H18N2O4. The number of carboxylic acid groups (broad SMARTS) is 1. The molecule has 0 bridgehead atoms. The molecule has 1 amide bonds. The van der Waals surface area contributed by atoms with Crippen molar-refractivity contribution in [2.24, 2.45) is 11.7 Å². The molecule has 1 aliphatic heterocycles. The van der Waals surface area contributed by atoms with Gasteiger partial charge in [0, 0.05) is 19.5 Å². The Bertz CT molecular complexity index is 270. The fraction of sp³-hybridized carbons (Fsp3) is 0.800. The molecule has 92 valence electrons. The summed E-state index contributed by atoms with van der Waals surface area (Å²) in [7, 11) is 0. The summed E-state index contributed by atoms with van der Waals surface area (Å²) in [5, 5.41) is 9.00. The lowest BCUT2D eigenvalue weighted by molar-refractivity contribution is -0.145. The maximum absolute atomic E-state index is 11.7. The molecule has 1 fully saturated rings. The van der Waals surface area contributed by atoms with Crippen molar-refractivity contribution in [2.45, 2.75) is 19.4 Å². The Morgan fingerprint density at radius 3 is 2.69 bits per heavy atom. The Labute approximate surface area is 94.3 Å². The van der Waals surface area contributed by atoms with Gasteiger partial charge in [0.25, 0.3) is 0 Å². The number of carbonyl (C=O) groups is 2. The zero-order valence-electron chi connectivity index (χ0n) is 9.39. The number of hydrogen-bond donors (Lipinski definition) is 2. The molecule has 6 heteroatoms. The van der Waals surface area contributed by atoms with Crippen molar-refractivity contribution in [3.05, 3.63) is 0 Å². The molecule has 0 aromatic heterocycles. The van der Waals surface area contributed by atoms with Gasteiger partial charge in [-0.1, -0.05) is 0 Å². The number of amides is 1. The summed E-state index contributed by atoms with van der Waals surface area (Å²) in [5.74, 6) is -1.64. The average Bonchev–Trinajstić information content (AvgIpc) is 2.68. The summed E-state index contributed by atoms with van der Waals surface area (Å²) >= 11 is 0. The van der Waals surface area contributed by atoms with E-state index in [-0.39, 0.29) is 31.5 Å². The van der Waals surface area contributed by atoms with Crippen LogP contribution in [0.5, 0.6) is 0 Å². The number of ether oxygens (including phenoxy) is 1. The van der Waals surface area contributed by atoms with Crippen molar-refractivity contribution in [2.75, 3.05) is 26.3 Å². The van der Waals surface area contributed by atoms with Crippen LogP contribution in [0.25, 0.3) is 0 Å². The number of carboxylic acids is 1. The fourth-order valence-corrected chi connectivity index (χ4v) is 1.95. The second-order valence-electron chi connectivity index (χ2n) is 3.77. The standard InChI is InChI=1S/C10H18N2O4/c1-2-12(9(13)3-4-11)8-6-16-5-7(8)10(14)15/h7-8H,2-6,11H2,1H3,(H,14,15). The largest absolute Gasteiger partial charge is 0.481 e. The van der Waals surface area contributed by atoms with E-state index in [4.69, 9.17) is 15.6 Å². The van der Waals surface area contributed by atoms with E-state index in [1.807, 2.05) is 6.92 Å². The highest BCUT2D eigenvalue weighted by atomic mass is 16.5. The number of hydrogen-bond acceptors (Lipinski definition) is 4. The summed E-state index contributed by atoms with van der Waals surface area (Å²) < 4.78 is 5.14. The van der Waals surface area contributed by atoms with Gasteiger partial charge in [-0.2, -0.15) is 0 Å². The van der Waals surface area contributed by atoms with Crippen LogP contribution in [0, 0.1) is 5.92 Å². The molecule has 16 heavy (non-hydrogen) atoms. The highest BCUT2D eigenvalue weighted by Crippen LogP contribution is 2.20. The van der Waals surface area contributed by atoms with Gasteiger partial charge in [0.1, 0.15) is 5.92 Å². The number of rotatable bonds is 5. The van der Waals surface area contributed by atoms with Crippen LogP contribution in [-0.4, -0.2) is 54.2 Å².